The van der Waals surface area contributed by atoms with Crippen LogP contribution in [0.1, 0.15) is 10.4 Å². The second-order valence-electron chi connectivity index (χ2n) is 6.83. The lowest BCUT2D eigenvalue weighted by atomic mass is 10.0. The van der Waals surface area contributed by atoms with Gasteiger partial charge in [-0.2, -0.15) is 5.10 Å². The number of hydrogen-bond acceptors (Lipinski definition) is 3. The van der Waals surface area contributed by atoms with Crippen LogP contribution in [0.5, 0.6) is 0 Å². The molecule has 9 heteroatoms. The van der Waals surface area contributed by atoms with Gasteiger partial charge in [0.15, 0.2) is 0 Å². The third kappa shape index (κ3) is 4.08. The lowest BCUT2D eigenvalue weighted by molar-refractivity contribution is 0.0697. The van der Waals surface area contributed by atoms with Crippen molar-refractivity contribution in [3.05, 3.63) is 90.6 Å². The van der Waals surface area contributed by atoms with Crippen LogP contribution in [0.15, 0.2) is 79.3 Å². The van der Waals surface area contributed by atoms with E-state index in [0.717, 1.165) is 39.3 Å². The number of aromatic carboxylic acids is 1. The molecular formula is C23H17Cl2FN4O2. The lowest BCUT2D eigenvalue weighted by Crippen LogP contribution is -1.95. The topological polar surface area (TPSA) is 83.3 Å². The largest absolute Gasteiger partial charge is 0.478 e. The summed E-state index contributed by atoms with van der Waals surface area (Å²) in [4.78, 5) is 15.6. The molecule has 0 saturated carbocycles. The van der Waals surface area contributed by atoms with Crippen LogP contribution < -0.4 is 0 Å². The third-order valence-corrected chi connectivity index (χ3v) is 5.00. The second-order valence-corrected chi connectivity index (χ2v) is 6.83. The molecule has 0 spiro atoms. The Morgan fingerprint density at radius 2 is 1.56 bits per heavy atom. The zero-order valence-corrected chi connectivity index (χ0v) is 18.0. The fourth-order valence-electron chi connectivity index (χ4n) is 3.47. The highest BCUT2D eigenvalue weighted by molar-refractivity contribution is 5.88. The van der Waals surface area contributed by atoms with E-state index in [4.69, 9.17) is 5.11 Å². The van der Waals surface area contributed by atoms with Crippen molar-refractivity contribution < 1.29 is 14.3 Å². The number of rotatable bonds is 4. The number of aromatic nitrogens is 4. The smallest absolute Gasteiger partial charge is 0.335 e. The first kappa shape index (κ1) is 23.0. The van der Waals surface area contributed by atoms with Crippen molar-refractivity contribution in [2.45, 2.75) is 0 Å². The van der Waals surface area contributed by atoms with Crippen LogP contribution in [0.3, 0.4) is 0 Å². The van der Waals surface area contributed by atoms with Gasteiger partial charge >= 0.3 is 5.97 Å². The number of nitrogens with zero attached hydrogens (tertiary/aromatic N) is 3. The number of nitrogens with one attached hydrogen (secondary N) is 1. The van der Waals surface area contributed by atoms with Crippen LogP contribution in [0.4, 0.5) is 4.39 Å². The molecule has 5 aromatic rings. The van der Waals surface area contributed by atoms with E-state index in [1.807, 2.05) is 22.7 Å². The number of carbonyl (C=O) groups is 1. The van der Waals surface area contributed by atoms with Crippen LogP contribution in [0, 0.1) is 5.82 Å². The summed E-state index contributed by atoms with van der Waals surface area (Å²) in [5.74, 6) is -1.26. The molecule has 0 bridgehead atoms. The van der Waals surface area contributed by atoms with Crippen LogP contribution >= 0.6 is 24.8 Å². The number of H-pyrrole nitrogens is 1. The molecule has 0 aliphatic heterocycles. The SMILES string of the molecule is Cl.Cl.O=C(O)c1ccc(-c2cnc3ccc(-c4c[nH]nc4-c4ccc(F)cc4)cn23)cc1. The first-order valence-electron chi connectivity index (χ1n) is 9.21. The number of aromatic amines is 1. The van der Waals surface area contributed by atoms with Crippen molar-refractivity contribution in [1.29, 1.82) is 0 Å². The first-order chi connectivity index (χ1) is 14.6. The standard InChI is InChI=1S/C23H15FN4O2.2ClH/c24-18-8-5-15(6-9-18)22-19(11-26-27-22)17-7-10-21-25-12-20(28(21)13-17)14-1-3-16(4-2-14)23(29)30;;/h1-13H,(H,26,27)(H,29,30);2*1H. The summed E-state index contributed by atoms with van der Waals surface area (Å²) in [6.07, 6.45) is 5.52. The quantitative estimate of drug-likeness (QED) is 0.350. The molecule has 3 aromatic heterocycles. The van der Waals surface area contributed by atoms with Gasteiger partial charge in [0.25, 0.3) is 0 Å². The molecular weight excluding hydrogens is 454 g/mol. The molecule has 5 rings (SSSR count). The van der Waals surface area contributed by atoms with Gasteiger partial charge in [-0.3, -0.25) is 9.50 Å². The average molecular weight is 471 g/mol. The van der Waals surface area contributed by atoms with Crippen molar-refractivity contribution in [3.8, 4) is 33.6 Å². The second kappa shape index (κ2) is 9.21. The van der Waals surface area contributed by atoms with Gasteiger partial charge in [0.2, 0.25) is 0 Å². The number of halogens is 3. The normalized spacial score (nSPS) is 10.4. The Morgan fingerprint density at radius 3 is 2.25 bits per heavy atom. The Morgan fingerprint density at radius 1 is 0.906 bits per heavy atom. The van der Waals surface area contributed by atoms with E-state index in [1.165, 1.54) is 12.1 Å². The zero-order chi connectivity index (χ0) is 20.7. The Bertz CT molecular complexity index is 1380. The van der Waals surface area contributed by atoms with Crippen molar-refractivity contribution in [2.24, 2.45) is 0 Å². The number of imidazole rings is 1. The maximum atomic E-state index is 13.3. The molecule has 0 aliphatic carbocycles. The maximum Gasteiger partial charge on any atom is 0.335 e. The Hall–Kier alpha value is -3.68. The highest BCUT2D eigenvalue weighted by Crippen LogP contribution is 2.31. The number of hydrogen-bond donors (Lipinski definition) is 2. The molecule has 3 heterocycles. The molecule has 0 amide bonds. The monoisotopic (exact) mass is 470 g/mol. The van der Waals surface area contributed by atoms with Crippen molar-refractivity contribution in [3.63, 3.8) is 0 Å². The summed E-state index contributed by atoms with van der Waals surface area (Å²) in [6.45, 7) is 0. The zero-order valence-electron chi connectivity index (χ0n) is 16.4. The van der Waals surface area contributed by atoms with Crippen molar-refractivity contribution in [1.82, 2.24) is 19.6 Å². The molecule has 0 unspecified atom stereocenters. The summed E-state index contributed by atoms with van der Waals surface area (Å²) in [5.41, 5.74) is 6.02. The highest BCUT2D eigenvalue weighted by atomic mass is 35.5. The van der Waals surface area contributed by atoms with Crippen LogP contribution in [0.25, 0.3) is 39.3 Å². The van der Waals surface area contributed by atoms with E-state index in [2.05, 4.69) is 15.2 Å². The number of fused-ring (bicyclic) bond motifs is 1. The van der Waals surface area contributed by atoms with E-state index >= 15 is 0 Å². The minimum absolute atomic E-state index is 0. The number of carboxylic acids is 1. The van der Waals surface area contributed by atoms with Gasteiger partial charge in [0.05, 0.1) is 23.1 Å². The summed E-state index contributed by atoms with van der Waals surface area (Å²) < 4.78 is 15.2. The van der Waals surface area contributed by atoms with Crippen molar-refractivity contribution >= 4 is 36.4 Å². The Kier molecular flexibility index (Phi) is 6.62. The van der Waals surface area contributed by atoms with Gasteiger partial charge in [-0.15, -0.1) is 24.8 Å². The van der Waals surface area contributed by atoms with Gasteiger partial charge in [-0.25, -0.2) is 14.2 Å². The molecule has 2 aromatic carbocycles. The van der Waals surface area contributed by atoms with Crippen molar-refractivity contribution in [2.75, 3.05) is 0 Å². The summed E-state index contributed by atoms with van der Waals surface area (Å²) >= 11 is 0. The molecule has 0 atom stereocenters. The molecule has 6 nitrogen and oxygen atoms in total. The number of benzene rings is 2. The van der Waals surface area contributed by atoms with Gasteiger partial charge < -0.3 is 5.11 Å². The minimum Gasteiger partial charge on any atom is -0.478 e. The molecule has 2 N–H and O–H groups in total. The Labute approximate surface area is 194 Å². The average Bonchev–Trinajstić information content (AvgIpc) is 3.41. The summed E-state index contributed by atoms with van der Waals surface area (Å²) in [6, 6.07) is 16.7. The molecule has 0 aliphatic rings. The Balaban J connectivity index is 0.00000144. The van der Waals surface area contributed by atoms with Gasteiger partial charge in [0, 0.05) is 34.6 Å². The third-order valence-electron chi connectivity index (χ3n) is 5.00. The number of pyridine rings is 1. The van der Waals surface area contributed by atoms with E-state index in [-0.39, 0.29) is 36.2 Å². The van der Waals surface area contributed by atoms with Gasteiger partial charge in [0.1, 0.15) is 11.5 Å². The van der Waals surface area contributed by atoms with E-state index in [1.54, 1.807) is 48.8 Å². The highest BCUT2D eigenvalue weighted by Gasteiger charge is 2.13. The fourth-order valence-corrected chi connectivity index (χ4v) is 3.47. The predicted molar refractivity (Wildman–Crippen MR) is 125 cm³/mol. The maximum absolute atomic E-state index is 13.3. The van der Waals surface area contributed by atoms with Crippen LogP contribution in [-0.2, 0) is 0 Å². The van der Waals surface area contributed by atoms with E-state index in [9.17, 15) is 9.18 Å². The summed E-state index contributed by atoms with van der Waals surface area (Å²) in [7, 11) is 0. The van der Waals surface area contributed by atoms with Gasteiger partial charge in [-0.05, 0) is 48.5 Å². The fraction of sp³-hybridized carbons (Fsp3) is 0. The van der Waals surface area contributed by atoms with E-state index in [0.29, 0.717) is 0 Å². The molecule has 0 saturated heterocycles. The van der Waals surface area contributed by atoms with Crippen LogP contribution in [-0.4, -0.2) is 30.7 Å². The van der Waals surface area contributed by atoms with Crippen LogP contribution in [0.2, 0.25) is 0 Å². The van der Waals surface area contributed by atoms with E-state index < -0.39 is 5.97 Å². The summed E-state index contributed by atoms with van der Waals surface area (Å²) in [5, 5.41) is 16.3. The predicted octanol–water partition coefficient (Wildman–Crippen LogP) is 5.74. The molecule has 32 heavy (non-hydrogen) atoms. The first-order valence-corrected chi connectivity index (χ1v) is 9.21. The lowest BCUT2D eigenvalue weighted by Gasteiger charge is -2.07. The minimum atomic E-state index is -0.963. The van der Waals surface area contributed by atoms with Gasteiger partial charge in [-0.1, -0.05) is 12.1 Å². The number of carboxylic acid groups (broad SMARTS) is 1. The molecule has 0 fully saturated rings. The molecule has 162 valence electrons. The molecule has 0 radical (unpaired) electrons.